The highest BCUT2D eigenvalue weighted by Gasteiger charge is 2.11. The largest absolute Gasteiger partial charge is 0.494 e. The van der Waals surface area contributed by atoms with Gasteiger partial charge in [0, 0.05) is 21.8 Å². The van der Waals surface area contributed by atoms with Gasteiger partial charge in [0.1, 0.15) is 11.3 Å². The zero-order valence-electron chi connectivity index (χ0n) is 15.1. The van der Waals surface area contributed by atoms with Gasteiger partial charge in [-0.05, 0) is 67.6 Å². The van der Waals surface area contributed by atoms with Crippen molar-refractivity contribution >= 4 is 34.3 Å². The van der Waals surface area contributed by atoms with Crippen LogP contribution in [-0.2, 0) is 0 Å². The topological polar surface area (TPSA) is 64.4 Å². The lowest BCUT2D eigenvalue weighted by molar-refractivity contribution is 0.102. The Balaban J connectivity index is 1.55. The van der Waals surface area contributed by atoms with Gasteiger partial charge < -0.3 is 14.5 Å². The Morgan fingerprint density at radius 2 is 1.93 bits per heavy atom. The third-order valence-corrected chi connectivity index (χ3v) is 4.38. The van der Waals surface area contributed by atoms with Gasteiger partial charge in [0.05, 0.1) is 6.61 Å². The van der Waals surface area contributed by atoms with E-state index >= 15 is 0 Å². The van der Waals surface area contributed by atoms with E-state index in [9.17, 15) is 4.79 Å². The van der Waals surface area contributed by atoms with E-state index in [1.807, 2.05) is 31.2 Å². The number of aromatic nitrogens is 1. The Labute approximate surface area is 166 Å². The van der Waals surface area contributed by atoms with Gasteiger partial charge in [0.25, 0.3) is 5.91 Å². The Bertz CT molecular complexity index is 1140. The smallest absolute Gasteiger partial charge is 0.255 e. The third kappa shape index (κ3) is 3.85. The van der Waals surface area contributed by atoms with E-state index in [4.69, 9.17) is 20.8 Å². The summed E-state index contributed by atoms with van der Waals surface area (Å²) < 4.78 is 11.2. The standard InChI is InChI=1S/C22H17ClN2O3/c1-2-27-18-9-6-14(7-10-18)21(26)24-17-5-3-4-15(12-17)22-25-19-13-16(23)8-11-20(19)28-22/h3-13H,2H2,1H3,(H,24,26). The summed E-state index contributed by atoms with van der Waals surface area (Å²) in [5, 5.41) is 3.49. The number of fused-ring (bicyclic) bond motifs is 1. The summed E-state index contributed by atoms with van der Waals surface area (Å²) in [6, 6.07) is 19.7. The maximum absolute atomic E-state index is 12.5. The molecule has 0 saturated heterocycles. The van der Waals surface area contributed by atoms with Crippen LogP contribution in [0.1, 0.15) is 17.3 Å². The number of nitrogens with one attached hydrogen (secondary N) is 1. The van der Waals surface area contributed by atoms with E-state index in [0.717, 1.165) is 11.3 Å². The van der Waals surface area contributed by atoms with Crippen molar-refractivity contribution in [1.29, 1.82) is 0 Å². The molecule has 0 atom stereocenters. The van der Waals surface area contributed by atoms with Crippen LogP contribution in [0.15, 0.2) is 71.1 Å². The molecule has 0 aliphatic carbocycles. The number of carbonyl (C=O) groups excluding carboxylic acids is 1. The molecule has 28 heavy (non-hydrogen) atoms. The molecule has 1 N–H and O–H groups in total. The zero-order chi connectivity index (χ0) is 19.5. The van der Waals surface area contributed by atoms with Gasteiger partial charge in [-0.2, -0.15) is 0 Å². The second-order valence-electron chi connectivity index (χ2n) is 6.12. The average Bonchev–Trinajstić information content (AvgIpc) is 3.12. The van der Waals surface area contributed by atoms with Crippen LogP contribution in [0, 0.1) is 0 Å². The number of benzene rings is 3. The number of oxazole rings is 1. The van der Waals surface area contributed by atoms with E-state index in [1.165, 1.54) is 0 Å². The van der Waals surface area contributed by atoms with E-state index < -0.39 is 0 Å². The number of ether oxygens (including phenoxy) is 1. The molecule has 5 nitrogen and oxygen atoms in total. The van der Waals surface area contributed by atoms with E-state index in [-0.39, 0.29) is 5.91 Å². The summed E-state index contributed by atoms with van der Waals surface area (Å²) in [7, 11) is 0. The van der Waals surface area contributed by atoms with Crippen molar-refractivity contribution in [3.63, 3.8) is 0 Å². The van der Waals surface area contributed by atoms with Crippen molar-refractivity contribution in [2.24, 2.45) is 0 Å². The van der Waals surface area contributed by atoms with Crippen molar-refractivity contribution in [2.45, 2.75) is 6.92 Å². The maximum Gasteiger partial charge on any atom is 0.255 e. The fourth-order valence-electron chi connectivity index (χ4n) is 2.83. The molecule has 140 valence electrons. The predicted octanol–water partition coefficient (Wildman–Crippen LogP) is 5.80. The molecule has 0 bridgehead atoms. The Kier molecular flexibility index (Phi) is 5.00. The van der Waals surface area contributed by atoms with Gasteiger partial charge in [-0.1, -0.05) is 17.7 Å². The predicted molar refractivity (Wildman–Crippen MR) is 110 cm³/mol. The molecule has 0 fully saturated rings. The van der Waals surface area contributed by atoms with E-state index in [2.05, 4.69) is 10.3 Å². The number of anilines is 1. The zero-order valence-corrected chi connectivity index (χ0v) is 15.9. The number of hydrogen-bond acceptors (Lipinski definition) is 4. The van der Waals surface area contributed by atoms with Gasteiger partial charge in [0.2, 0.25) is 5.89 Å². The van der Waals surface area contributed by atoms with E-state index in [0.29, 0.717) is 39.9 Å². The second-order valence-corrected chi connectivity index (χ2v) is 6.56. The second kappa shape index (κ2) is 7.74. The van der Waals surface area contributed by atoms with E-state index in [1.54, 1.807) is 42.5 Å². The van der Waals surface area contributed by atoms with Crippen LogP contribution in [0.25, 0.3) is 22.6 Å². The SMILES string of the molecule is CCOc1ccc(C(=O)Nc2cccc(-c3nc4cc(Cl)ccc4o3)c2)cc1. The molecular formula is C22H17ClN2O3. The molecule has 4 aromatic rings. The van der Waals surface area contributed by atoms with Crippen molar-refractivity contribution in [3.05, 3.63) is 77.3 Å². The summed E-state index contributed by atoms with van der Waals surface area (Å²) in [4.78, 5) is 17.0. The number of carbonyl (C=O) groups is 1. The first kappa shape index (κ1) is 18.1. The summed E-state index contributed by atoms with van der Waals surface area (Å²) in [5.41, 5.74) is 3.30. The first-order valence-corrected chi connectivity index (χ1v) is 9.21. The summed E-state index contributed by atoms with van der Waals surface area (Å²) in [5.74, 6) is 0.996. The van der Waals surface area contributed by atoms with Crippen LogP contribution < -0.4 is 10.1 Å². The number of amides is 1. The maximum atomic E-state index is 12.5. The van der Waals surface area contributed by atoms with Gasteiger partial charge in [-0.15, -0.1) is 0 Å². The van der Waals surface area contributed by atoms with Crippen LogP contribution in [0.2, 0.25) is 5.02 Å². The van der Waals surface area contributed by atoms with Gasteiger partial charge in [-0.25, -0.2) is 4.98 Å². The molecule has 4 rings (SSSR count). The van der Waals surface area contributed by atoms with Crippen molar-refractivity contribution < 1.29 is 13.9 Å². The minimum Gasteiger partial charge on any atom is -0.494 e. The minimum atomic E-state index is -0.204. The van der Waals surface area contributed by atoms with Crippen LogP contribution >= 0.6 is 11.6 Å². The highest BCUT2D eigenvalue weighted by Crippen LogP contribution is 2.28. The molecule has 0 spiro atoms. The fourth-order valence-corrected chi connectivity index (χ4v) is 2.99. The molecule has 1 amide bonds. The highest BCUT2D eigenvalue weighted by atomic mass is 35.5. The monoisotopic (exact) mass is 392 g/mol. The molecule has 1 heterocycles. The normalized spacial score (nSPS) is 10.8. The quantitative estimate of drug-likeness (QED) is 0.466. The van der Waals surface area contributed by atoms with Gasteiger partial charge in [0.15, 0.2) is 5.58 Å². The number of rotatable bonds is 5. The molecule has 3 aromatic carbocycles. The average molecular weight is 393 g/mol. The van der Waals surface area contributed by atoms with Crippen molar-refractivity contribution in [3.8, 4) is 17.2 Å². The first-order chi connectivity index (χ1) is 13.6. The Morgan fingerprint density at radius 1 is 1.11 bits per heavy atom. The molecular weight excluding hydrogens is 376 g/mol. The lowest BCUT2D eigenvalue weighted by Gasteiger charge is -2.07. The van der Waals surface area contributed by atoms with Crippen LogP contribution in [0.4, 0.5) is 5.69 Å². The summed E-state index contributed by atoms with van der Waals surface area (Å²) in [6.07, 6.45) is 0. The number of nitrogens with zero attached hydrogens (tertiary/aromatic N) is 1. The lowest BCUT2D eigenvalue weighted by Crippen LogP contribution is -2.11. The van der Waals surface area contributed by atoms with Crippen molar-refractivity contribution in [2.75, 3.05) is 11.9 Å². The Morgan fingerprint density at radius 3 is 2.71 bits per heavy atom. The first-order valence-electron chi connectivity index (χ1n) is 8.83. The van der Waals surface area contributed by atoms with Crippen LogP contribution in [-0.4, -0.2) is 17.5 Å². The Hall–Kier alpha value is -3.31. The molecule has 0 aliphatic heterocycles. The molecule has 0 radical (unpaired) electrons. The molecule has 0 saturated carbocycles. The molecule has 1 aromatic heterocycles. The summed E-state index contributed by atoms with van der Waals surface area (Å²) >= 11 is 6.00. The minimum absolute atomic E-state index is 0.204. The third-order valence-electron chi connectivity index (χ3n) is 4.14. The van der Waals surface area contributed by atoms with Crippen LogP contribution in [0.5, 0.6) is 5.75 Å². The van der Waals surface area contributed by atoms with Crippen molar-refractivity contribution in [1.82, 2.24) is 4.98 Å². The van der Waals surface area contributed by atoms with Gasteiger partial charge in [-0.3, -0.25) is 4.79 Å². The van der Waals surface area contributed by atoms with Crippen LogP contribution in [0.3, 0.4) is 0 Å². The number of hydrogen-bond donors (Lipinski definition) is 1. The van der Waals surface area contributed by atoms with Gasteiger partial charge >= 0.3 is 0 Å². The fraction of sp³-hybridized carbons (Fsp3) is 0.0909. The number of halogens is 1. The molecule has 0 unspecified atom stereocenters. The molecule has 0 aliphatic rings. The lowest BCUT2D eigenvalue weighted by atomic mass is 10.1. The summed E-state index contributed by atoms with van der Waals surface area (Å²) in [6.45, 7) is 2.50. The molecule has 6 heteroatoms. The highest BCUT2D eigenvalue weighted by molar-refractivity contribution is 6.31.